The number of nitrogens with zero attached hydrogens (tertiary/aromatic N) is 1. The Morgan fingerprint density at radius 1 is 1.33 bits per heavy atom. The van der Waals surface area contributed by atoms with Gasteiger partial charge >= 0.3 is 5.97 Å². The van der Waals surface area contributed by atoms with Crippen LogP contribution in [0.5, 0.6) is 5.75 Å². The van der Waals surface area contributed by atoms with E-state index in [1.165, 1.54) is 30.4 Å². The van der Waals surface area contributed by atoms with Gasteiger partial charge in [0.15, 0.2) is 0 Å². The molecule has 33 heavy (non-hydrogen) atoms. The highest BCUT2D eigenvalue weighted by Crippen LogP contribution is 2.46. The average Bonchev–Trinajstić information content (AvgIpc) is 2.93. The fourth-order valence-electron chi connectivity index (χ4n) is 5.68. The number of rotatable bonds is 4. The lowest BCUT2D eigenvalue weighted by Crippen LogP contribution is -2.48. The summed E-state index contributed by atoms with van der Waals surface area (Å²) in [6, 6.07) is 8.86. The van der Waals surface area contributed by atoms with Crippen LogP contribution in [0.4, 0.5) is 10.1 Å². The van der Waals surface area contributed by atoms with Gasteiger partial charge < -0.3 is 19.2 Å². The average molecular weight is 472 g/mol. The van der Waals surface area contributed by atoms with Crippen LogP contribution in [0.2, 0.25) is 5.02 Å². The predicted octanol–water partition coefficient (Wildman–Crippen LogP) is 4.96. The molecule has 0 unspecified atom stereocenters. The minimum Gasteiger partial charge on any atom is -0.490 e. The minimum absolute atomic E-state index is 0.0338. The van der Waals surface area contributed by atoms with Crippen molar-refractivity contribution in [1.29, 1.82) is 0 Å². The van der Waals surface area contributed by atoms with Crippen molar-refractivity contribution >= 4 is 29.5 Å². The molecule has 1 aliphatic heterocycles. The molecule has 0 N–H and O–H groups in total. The Bertz CT molecular complexity index is 1110. The second kappa shape index (κ2) is 8.64. The number of carbonyl (C=O) groups excluding carboxylic acids is 2. The highest BCUT2D eigenvalue weighted by atomic mass is 35.5. The lowest BCUT2D eigenvalue weighted by atomic mass is 9.69. The van der Waals surface area contributed by atoms with Crippen LogP contribution in [-0.2, 0) is 21.4 Å². The molecule has 5 rings (SSSR count). The van der Waals surface area contributed by atoms with Gasteiger partial charge in [-0.3, -0.25) is 0 Å². The second-order valence-electron chi connectivity index (χ2n) is 9.53. The highest BCUT2D eigenvalue weighted by Gasteiger charge is 2.43. The number of fused-ring (bicyclic) bond motifs is 3. The Morgan fingerprint density at radius 3 is 2.91 bits per heavy atom. The Labute approximate surface area is 197 Å². The molecule has 0 saturated heterocycles. The lowest BCUT2D eigenvalue weighted by Gasteiger charge is -2.43. The van der Waals surface area contributed by atoms with Gasteiger partial charge in [0.1, 0.15) is 17.9 Å². The molecule has 5 nitrogen and oxygen atoms in total. The number of anilines is 1. The number of esters is 1. The number of carbonyl (C=O) groups is 2. The van der Waals surface area contributed by atoms with Crippen LogP contribution in [0.1, 0.15) is 47.2 Å². The molecule has 7 heteroatoms. The van der Waals surface area contributed by atoms with Crippen molar-refractivity contribution in [1.82, 2.24) is 0 Å². The number of methoxy groups -OCH3 is 1. The second-order valence-corrected chi connectivity index (χ2v) is 9.97. The largest absolute Gasteiger partial charge is 0.490 e. The molecule has 3 atom stereocenters. The summed E-state index contributed by atoms with van der Waals surface area (Å²) >= 11 is 6.28. The summed E-state index contributed by atoms with van der Waals surface area (Å²) in [4.78, 5) is 25.9. The first-order valence-corrected chi connectivity index (χ1v) is 11.9. The molecular formula is C26H27ClFNO4. The highest BCUT2D eigenvalue weighted by molar-refractivity contribution is 6.30. The van der Waals surface area contributed by atoms with Crippen LogP contribution < -0.4 is 9.64 Å². The first-order chi connectivity index (χ1) is 15.9. The van der Waals surface area contributed by atoms with E-state index in [0.29, 0.717) is 36.2 Å². The zero-order valence-electron chi connectivity index (χ0n) is 18.6. The fraction of sp³-hybridized carbons (Fsp3) is 0.462. The molecule has 1 heterocycles. The van der Waals surface area contributed by atoms with Crippen molar-refractivity contribution in [3.63, 3.8) is 0 Å². The van der Waals surface area contributed by atoms with Crippen molar-refractivity contribution in [2.24, 2.45) is 11.8 Å². The van der Waals surface area contributed by atoms with Crippen LogP contribution in [0, 0.1) is 17.7 Å². The van der Waals surface area contributed by atoms with Gasteiger partial charge in [-0.1, -0.05) is 17.7 Å². The molecule has 0 aromatic heterocycles. The van der Waals surface area contributed by atoms with E-state index in [1.54, 1.807) is 0 Å². The molecule has 3 aliphatic rings. The van der Waals surface area contributed by atoms with Gasteiger partial charge in [0, 0.05) is 35.5 Å². The quantitative estimate of drug-likeness (QED) is 0.466. The van der Waals surface area contributed by atoms with Gasteiger partial charge in [-0.25, -0.2) is 9.18 Å². The molecular weight excluding hydrogens is 445 g/mol. The monoisotopic (exact) mass is 471 g/mol. The number of benzene rings is 2. The van der Waals surface area contributed by atoms with E-state index in [4.69, 9.17) is 21.1 Å². The maximum absolute atomic E-state index is 14.8. The van der Waals surface area contributed by atoms with Gasteiger partial charge in [0.05, 0.1) is 25.0 Å². The van der Waals surface area contributed by atoms with Crippen LogP contribution >= 0.6 is 11.6 Å². The van der Waals surface area contributed by atoms with Crippen LogP contribution in [0.15, 0.2) is 30.3 Å². The molecule has 2 aromatic rings. The van der Waals surface area contributed by atoms with Crippen molar-refractivity contribution in [3.8, 4) is 5.75 Å². The number of halogens is 2. The molecule has 1 fully saturated rings. The standard InChI is InChI=1S/C26H27ClFNO4/c1-32-25(31)20-10-23-24(11-22(20)28)33-15-26(14-29(23)12-17-4-5-18(17)13-30)8-2-3-16-9-19(27)6-7-21(16)26/h6-7,9-11,13,17-18H,2-5,8,12,14-15H2,1H3/t17-,18-,26-/m0/s1. The van der Waals surface area contributed by atoms with Crippen molar-refractivity contribution in [2.45, 2.75) is 37.5 Å². The third-order valence-electron chi connectivity index (χ3n) is 7.64. The van der Waals surface area contributed by atoms with Crippen molar-refractivity contribution in [2.75, 3.05) is 31.7 Å². The van der Waals surface area contributed by atoms with E-state index in [-0.39, 0.29) is 22.8 Å². The van der Waals surface area contributed by atoms with Gasteiger partial charge in [-0.15, -0.1) is 0 Å². The number of hydrogen-bond acceptors (Lipinski definition) is 5. The first kappa shape index (κ1) is 22.2. The maximum atomic E-state index is 14.8. The van der Waals surface area contributed by atoms with Crippen molar-refractivity contribution in [3.05, 3.63) is 57.9 Å². The van der Waals surface area contributed by atoms with E-state index >= 15 is 0 Å². The summed E-state index contributed by atoms with van der Waals surface area (Å²) in [5, 5.41) is 0.716. The lowest BCUT2D eigenvalue weighted by molar-refractivity contribution is -0.115. The Hall–Kier alpha value is -2.60. The summed E-state index contributed by atoms with van der Waals surface area (Å²) < 4.78 is 25.8. The van der Waals surface area contributed by atoms with Crippen LogP contribution in [-0.4, -0.2) is 39.1 Å². The summed E-state index contributed by atoms with van der Waals surface area (Å²) in [5.74, 6) is -0.708. The third kappa shape index (κ3) is 3.88. The summed E-state index contributed by atoms with van der Waals surface area (Å²) in [6.07, 6.45) is 5.81. The number of aryl methyl sites for hydroxylation is 1. The normalized spacial score (nSPS) is 25.8. The zero-order valence-corrected chi connectivity index (χ0v) is 19.4. The van der Waals surface area contributed by atoms with E-state index in [9.17, 15) is 14.0 Å². The topological polar surface area (TPSA) is 55.8 Å². The Morgan fingerprint density at radius 2 is 2.18 bits per heavy atom. The Kier molecular flexibility index (Phi) is 5.81. The van der Waals surface area contributed by atoms with Gasteiger partial charge in [-0.2, -0.15) is 0 Å². The van der Waals surface area contributed by atoms with Crippen LogP contribution in [0.25, 0.3) is 0 Å². The third-order valence-corrected chi connectivity index (χ3v) is 7.87. The molecule has 1 saturated carbocycles. The van der Waals surface area contributed by atoms with Crippen LogP contribution in [0.3, 0.4) is 0 Å². The van der Waals surface area contributed by atoms with Gasteiger partial charge in [0.2, 0.25) is 0 Å². The molecule has 1 spiro atoms. The van der Waals surface area contributed by atoms with E-state index < -0.39 is 11.8 Å². The van der Waals surface area contributed by atoms with Gasteiger partial charge in [0.25, 0.3) is 0 Å². The summed E-state index contributed by atoms with van der Waals surface area (Å²) in [6.45, 7) is 1.71. The predicted molar refractivity (Wildman–Crippen MR) is 124 cm³/mol. The number of hydrogen-bond donors (Lipinski definition) is 0. The molecule has 2 aromatic carbocycles. The molecule has 0 bridgehead atoms. The maximum Gasteiger partial charge on any atom is 0.340 e. The van der Waals surface area contributed by atoms with E-state index in [0.717, 1.165) is 38.4 Å². The fourth-order valence-corrected chi connectivity index (χ4v) is 5.88. The minimum atomic E-state index is -0.721. The number of ether oxygens (including phenoxy) is 2. The molecule has 2 aliphatic carbocycles. The number of aldehydes is 1. The van der Waals surface area contributed by atoms with Gasteiger partial charge in [-0.05, 0) is 67.3 Å². The molecule has 0 amide bonds. The van der Waals surface area contributed by atoms with E-state index in [1.807, 2.05) is 12.1 Å². The van der Waals surface area contributed by atoms with Crippen molar-refractivity contribution < 1.29 is 23.5 Å². The molecule has 0 radical (unpaired) electrons. The summed E-state index contributed by atoms with van der Waals surface area (Å²) in [7, 11) is 1.24. The van der Waals surface area contributed by atoms with E-state index in [2.05, 4.69) is 11.0 Å². The Balaban J connectivity index is 1.59. The first-order valence-electron chi connectivity index (χ1n) is 11.5. The SMILES string of the molecule is COC(=O)c1cc2c(cc1F)OC[C@]1(CCCc3cc(Cl)ccc31)CN2C[C@@H]1CC[C@H]1C=O. The summed E-state index contributed by atoms with van der Waals surface area (Å²) in [5.41, 5.74) is 2.70. The molecule has 174 valence electrons. The zero-order chi connectivity index (χ0) is 23.2. The smallest absolute Gasteiger partial charge is 0.340 e.